The summed E-state index contributed by atoms with van der Waals surface area (Å²) in [6.45, 7) is 0.577. The maximum absolute atomic E-state index is 12.3. The summed E-state index contributed by atoms with van der Waals surface area (Å²) in [4.78, 5) is 14.2. The Morgan fingerprint density at radius 1 is 1.48 bits per heavy atom. The average Bonchev–Trinajstić information content (AvgIpc) is 3.23. The fraction of sp³-hybridized carbons (Fsp3) is 0.500. The number of likely N-dealkylation sites (tertiary alicyclic amines) is 1. The van der Waals surface area contributed by atoms with Crippen LogP contribution in [0.5, 0.6) is 5.75 Å². The number of anilines is 1. The van der Waals surface area contributed by atoms with Gasteiger partial charge in [-0.2, -0.15) is 5.26 Å². The zero-order chi connectivity index (χ0) is 15.0. The van der Waals surface area contributed by atoms with E-state index in [1.165, 1.54) is 0 Å². The first-order valence-electron chi connectivity index (χ1n) is 7.32. The summed E-state index contributed by atoms with van der Waals surface area (Å²) in [6.07, 6.45) is 2.74. The smallest absolute Gasteiger partial charge is 0.228 e. The SMILES string of the molecule is CN1CC(C(=O)Nc2cccc(C3CC3)c2O)CC1C#N. The van der Waals surface area contributed by atoms with E-state index in [4.69, 9.17) is 5.26 Å². The number of nitriles is 1. The van der Waals surface area contributed by atoms with Gasteiger partial charge in [0, 0.05) is 6.54 Å². The molecular formula is C16H19N3O2. The van der Waals surface area contributed by atoms with Crippen molar-refractivity contribution in [1.29, 1.82) is 5.26 Å². The van der Waals surface area contributed by atoms with Crippen molar-refractivity contribution in [3.8, 4) is 11.8 Å². The van der Waals surface area contributed by atoms with Crippen molar-refractivity contribution in [2.24, 2.45) is 5.92 Å². The fourth-order valence-corrected chi connectivity index (χ4v) is 2.96. The molecule has 0 aromatic heterocycles. The van der Waals surface area contributed by atoms with Crippen LogP contribution in [0.15, 0.2) is 18.2 Å². The second-order valence-corrected chi connectivity index (χ2v) is 6.02. The highest BCUT2D eigenvalue weighted by atomic mass is 16.3. The van der Waals surface area contributed by atoms with Crippen LogP contribution in [0.25, 0.3) is 0 Å². The predicted octanol–water partition coefficient (Wildman–Crippen LogP) is 2.05. The van der Waals surface area contributed by atoms with E-state index in [0.29, 0.717) is 24.6 Å². The van der Waals surface area contributed by atoms with Gasteiger partial charge >= 0.3 is 0 Å². The molecule has 1 saturated carbocycles. The van der Waals surface area contributed by atoms with Crippen molar-refractivity contribution in [1.82, 2.24) is 4.90 Å². The number of phenolic OH excluding ortho intramolecular Hbond substituents is 1. The van der Waals surface area contributed by atoms with Gasteiger partial charge in [-0.1, -0.05) is 12.1 Å². The zero-order valence-electron chi connectivity index (χ0n) is 12.0. The molecule has 1 aromatic carbocycles. The number of hydrogen-bond acceptors (Lipinski definition) is 4. The van der Waals surface area contributed by atoms with Crippen molar-refractivity contribution in [3.05, 3.63) is 23.8 Å². The number of rotatable bonds is 3. The van der Waals surface area contributed by atoms with E-state index in [1.807, 2.05) is 24.1 Å². The molecule has 1 saturated heterocycles. The lowest BCUT2D eigenvalue weighted by atomic mass is 10.0. The second kappa shape index (κ2) is 5.38. The number of carbonyl (C=O) groups excluding carboxylic acids is 1. The summed E-state index contributed by atoms with van der Waals surface area (Å²) in [7, 11) is 1.85. The number of phenols is 1. The van der Waals surface area contributed by atoms with E-state index >= 15 is 0 Å². The minimum atomic E-state index is -0.205. The van der Waals surface area contributed by atoms with Crippen LogP contribution in [0.2, 0.25) is 0 Å². The van der Waals surface area contributed by atoms with Gasteiger partial charge in [-0.15, -0.1) is 0 Å². The molecule has 2 fully saturated rings. The third-order valence-corrected chi connectivity index (χ3v) is 4.41. The van der Waals surface area contributed by atoms with Crippen LogP contribution in [0.3, 0.4) is 0 Å². The van der Waals surface area contributed by atoms with Crippen LogP contribution >= 0.6 is 0 Å². The first kappa shape index (κ1) is 13.9. The summed E-state index contributed by atoms with van der Waals surface area (Å²) in [5.74, 6) is 0.297. The van der Waals surface area contributed by atoms with Gasteiger partial charge in [-0.3, -0.25) is 9.69 Å². The number of nitrogens with zero attached hydrogens (tertiary/aromatic N) is 2. The number of para-hydroxylation sites is 1. The molecule has 0 radical (unpaired) electrons. The Labute approximate surface area is 124 Å². The number of amides is 1. The fourth-order valence-electron chi connectivity index (χ4n) is 2.96. The van der Waals surface area contributed by atoms with E-state index in [0.717, 1.165) is 18.4 Å². The largest absolute Gasteiger partial charge is 0.505 e. The quantitative estimate of drug-likeness (QED) is 0.833. The maximum Gasteiger partial charge on any atom is 0.228 e. The lowest BCUT2D eigenvalue weighted by Crippen LogP contribution is -2.26. The van der Waals surface area contributed by atoms with Crippen LogP contribution in [-0.4, -0.2) is 35.5 Å². The number of aromatic hydroxyl groups is 1. The first-order valence-corrected chi connectivity index (χ1v) is 7.32. The van der Waals surface area contributed by atoms with Crippen molar-refractivity contribution in [3.63, 3.8) is 0 Å². The van der Waals surface area contributed by atoms with E-state index < -0.39 is 0 Å². The Kier molecular flexibility index (Phi) is 3.56. The highest BCUT2D eigenvalue weighted by molar-refractivity contribution is 5.94. The maximum atomic E-state index is 12.3. The Balaban J connectivity index is 1.71. The molecule has 0 spiro atoms. The van der Waals surface area contributed by atoms with Crippen LogP contribution in [0.1, 0.15) is 30.7 Å². The molecular weight excluding hydrogens is 266 g/mol. The molecule has 110 valence electrons. The molecule has 1 amide bonds. The van der Waals surface area contributed by atoms with E-state index in [-0.39, 0.29) is 23.6 Å². The minimum absolute atomic E-state index is 0.122. The zero-order valence-corrected chi connectivity index (χ0v) is 12.0. The van der Waals surface area contributed by atoms with Gasteiger partial charge in [-0.25, -0.2) is 0 Å². The third-order valence-electron chi connectivity index (χ3n) is 4.41. The van der Waals surface area contributed by atoms with Gasteiger partial charge in [0.05, 0.1) is 23.7 Å². The molecule has 21 heavy (non-hydrogen) atoms. The molecule has 2 unspecified atom stereocenters. The van der Waals surface area contributed by atoms with Crippen LogP contribution in [-0.2, 0) is 4.79 Å². The van der Waals surface area contributed by atoms with Crippen molar-refractivity contribution in [2.45, 2.75) is 31.2 Å². The van der Waals surface area contributed by atoms with Gasteiger partial charge in [0.25, 0.3) is 0 Å². The number of benzene rings is 1. The molecule has 3 rings (SSSR count). The lowest BCUT2D eigenvalue weighted by Gasteiger charge is -2.14. The normalized spacial score (nSPS) is 25.5. The molecule has 5 nitrogen and oxygen atoms in total. The molecule has 2 atom stereocenters. The van der Waals surface area contributed by atoms with Crippen LogP contribution < -0.4 is 5.32 Å². The van der Waals surface area contributed by atoms with Crippen LogP contribution in [0, 0.1) is 17.2 Å². The monoisotopic (exact) mass is 285 g/mol. The molecule has 1 aliphatic carbocycles. The number of carbonyl (C=O) groups is 1. The van der Waals surface area contributed by atoms with Gasteiger partial charge in [-0.05, 0) is 43.9 Å². The summed E-state index contributed by atoms with van der Waals surface area (Å²) in [5, 5.41) is 22.1. The number of hydrogen-bond donors (Lipinski definition) is 2. The Morgan fingerprint density at radius 3 is 2.86 bits per heavy atom. The molecule has 5 heteroatoms. The van der Waals surface area contributed by atoms with Gasteiger partial charge < -0.3 is 10.4 Å². The molecule has 2 N–H and O–H groups in total. The topological polar surface area (TPSA) is 76.4 Å². The van der Waals surface area contributed by atoms with E-state index in [1.54, 1.807) is 6.07 Å². The van der Waals surface area contributed by atoms with Crippen molar-refractivity contribution >= 4 is 11.6 Å². The van der Waals surface area contributed by atoms with Gasteiger partial charge in [0.2, 0.25) is 5.91 Å². The molecule has 1 aromatic rings. The van der Waals surface area contributed by atoms with E-state index in [9.17, 15) is 9.90 Å². The summed E-state index contributed by atoms with van der Waals surface area (Å²) in [5.41, 5.74) is 1.40. The summed E-state index contributed by atoms with van der Waals surface area (Å²) >= 11 is 0. The highest BCUT2D eigenvalue weighted by Crippen LogP contribution is 2.46. The number of nitrogens with one attached hydrogen (secondary N) is 1. The highest BCUT2D eigenvalue weighted by Gasteiger charge is 2.34. The molecule has 1 heterocycles. The molecule has 2 aliphatic rings. The van der Waals surface area contributed by atoms with Crippen molar-refractivity contribution < 1.29 is 9.90 Å². The summed E-state index contributed by atoms with van der Waals surface area (Å²) < 4.78 is 0. The van der Waals surface area contributed by atoms with Crippen molar-refractivity contribution in [2.75, 3.05) is 18.9 Å². The Bertz CT molecular complexity index is 604. The van der Waals surface area contributed by atoms with Gasteiger partial charge in [0.15, 0.2) is 0 Å². The molecule has 1 aliphatic heterocycles. The first-order chi connectivity index (χ1) is 10.1. The van der Waals surface area contributed by atoms with Crippen LogP contribution in [0.4, 0.5) is 5.69 Å². The lowest BCUT2D eigenvalue weighted by molar-refractivity contribution is -0.119. The predicted molar refractivity (Wildman–Crippen MR) is 78.8 cm³/mol. The minimum Gasteiger partial charge on any atom is -0.505 e. The summed E-state index contributed by atoms with van der Waals surface area (Å²) in [6, 6.07) is 7.50. The van der Waals surface area contributed by atoms with Gasteiger partial charge in [0.1, 0.15) is 5.75 Å². The Hall–Kier alpha value is -2.06. The average molecular weight is 285 g/mol. The molecule has 0 bridgehead atoms. The third kappa shape index (κ3) is 2.72. The standard InChI is InChI=1S/C16H19N3O2/c1-19-9-11(7-12(19)8-17)16(21)18-14-4-2-3-13(15(14)20)10-5-6-10/h2-4,10-12,20H,5-7,9H2,1H3,(H,18,21). The Morgan fingerprint density at radius 2 is 2.24 bits per heavy atom. The van der Waals surface area contributed by atoms with E-state index in [2.05, 4.69) is 11.4 Å². The second-order valence-electron chi connectivity index (χ2n) is 6.02.